The smallest absolute Gasteiger partial charge is 0.223 e. The minimum Gasteiger partial charge on any atom is -0.505 e. The number of halogens is 3. The van der Waals surface area contributed by atoms with Crippen molar-refractivity contribution in [3.8, 4) is 5.75 Å². The number of carbonyl (C=O) groups excluding carboxylic acids is 2. The summed E-state index contributed by atoms with van der Waals surface area (Å²) in [6.07, 6.45) is 10.2. The van der Waals surface area contributed by atoms with Crippen LogP contribution in [-0.2, 0) is 9.59 Å². The number of benzene rings is 1. The van der Waals surface area contributed by atoms with Gasteiger partial charge in [0, 0.05) is 24.5 Å². The number of hydrogen-bond acceptors (Lipinski definition) is 3. The molecule has 0 spiro atoms. The fourth-order valence-electron chi connectivity index (χ4n) is 5.32. The van der Waals surface area contributed by atoms with E-state index in [9.17, 15) is 14.7 Å². The molecule has 1 atom stereocenters. The second kappa shape index (κ2) is 9.95. The Morgan fingerprint density at radius 1 is 1.16 bits per heavy atom. The molecule has 4 rings (SSSR count). The normalized spacial score (nSPS) is 21.3. The molecule has 3 aliphatic rings. The van der Waals surface area contributed by atoms with Gasteiger partial charge in [0.25, 0.3) is 0 Å². The molecular formula is C23H31Cl2FN2O3. The Labute approximate surface area is 192 Å². The van der Waals surface area contributed by atoms with E-state index in [0.717, 1.165) is 63.9 Å². The molecule has 0 bridgehead atoms. The molecule has 1 aromatic rings. The first-order valence-electron chi connectivity index (χ1n) is 11.1. The van der Waals surface area contributed by atoms with Gasteiger partial charge in [0.1, 0.15) is 0 Å². The quantitative estimate of drug-likeness (QED) is 0.483. The van der Waals surface area contributed by atoms with Gasteiger partial charge in [-0.2, -0.15) is 0 Å². The first kappa shape index (κ1) is 24.1. The molecule has 0 heterocycles. The lowest BCUT2D eigenvalue weighted by atomic mass is 9.51. The number of rotatable bonds is 5. The maximum absolute atomic E-state index is 15.1. The summed E-state index contributed by atoms with van der Waals surface area (Å²) in [6.45, 7) is 1.31. The van der Waals surface area contributed by atoms with Crippen molar-refractivity contribution >= 4 is 35.0 Å². The monoisotopic (exact) mass is 472 g/mol. The number of aromatic hydroxyl groups is 1. The Balaban J connectivity index is 0.000000628. The number of nitrogens with two attached hydrogens (primary N) is 1. The van der Waals surface area contributed by atoms with Crippen LogP contribution in [0.15, 0.2) is 6.07 Å². The van der Waals surface area contributed by atoms with Gasteiger partial charge in [-0.3, -0.25) is 9.59 Å². The van der Waals surface area contributed by atoms with Crippen LogP contribution in [0.25, 0.3) is 0 Å². The molecule has 0 saturated heterocycles. The number of phenolic OH excluding ortho intramolecular Hbond substituents is 1. The zero-order valence-corrected chi connectivity index (χ0v) is 19.4. The van der Waals surface area contributed by atoms with Crippen molar-refractivity contribution in [1.82, 2.24) is 5.32 Å². The highest BCUT2D eigenvalue weighted by Gasteiger charge is 2.54. The molecule has 4 N–H and O–H groups in total. The van der Waals surface area contributed by atoms with Gasteiger partial charge in [-0.25, -0.2) is 4.39 Å². The zero-order valence-electron chi connectivity index (χ0n) is 17.9. The van der Waals surface area contributed by atoms with Crippen LogP contribution in [0.2, 0.25) is 10.0 Å². The van der Waals surface area contributed by atoms with Crippen molar-refractivity contribution in [2.75, 3.05) is 0 Å². The van der Waals surface area contributed by atoms with Crippen molar-refractivity contribution in [3.63, 3.8) is 0 Å². The van der Waals surface area contributed by atoms with Crippen LogP contribution in [0.1, 0.15) is 82.7 Å². The summed E-state index contributed by atoms with van der Waals surface area (Å²) >= 11 is 12.6. The van der Waals surface area contributed by atoms with Gasteiger partial charge in [-0.1, -0.05) is 48.9 Å². The minimum absolute atomic E-state index is 0.0133. The van der Waals surface area contributed by atoms with E-state index >= 15 is 4.39 Å². The highest BCUT2D eigenvalue weighted by atomic mass is 35.5. The van der Waals surface area contributed by atoms with Crippen LogP contribution in [0.5, 0.6) is 5.75 Å². The highest BCUT2D eigenvalue weighted by molar-refractivity contribution is 6.42. The Bertz CT molecular complexity index is 804. The molecule has 0 radical (unpaired) electrons. The Morgan fingerprint density at radius 3 is 2.19 bits per heavy atom. The van der Waals surface area contributed by atoms with E-state index in [1.807, 2.05) is 0 Å². The molecule has 5 nitrogen and oxygen atoms in total. The van der Waals surface area contributed by atoms with Gasteiger partial charge in [0.05, 0.1) is 16.1 Å². The predicted octanol–water partition coefficient (Wildman–Crippen LogP) is 5.65. The molecular weight excluding hydrogens is 442 g/mol. The van der Waals surface area contributed by atoms with Gasteiger partial charge in [0.2, 0.25) is 11.8 Å². The lowest BCUT2D eigenvalue weighted by Crippen LogP contribution is -2.52. The average molecular weight is 473 g/mol. The van der Waals surface area contributed by atoms with E-state index in [4.69, 9.17) is 23.2 Å². The van der Waals surface area contributed by atoms with E-state index in [1.54, 1.807) is 0 Å². The van der Waals surface area contributed by atoms with E-state index in [2.05, 4.69) is 11.1 Å². The highest BCUT2D eigenvalue weighted by Crippen LogP contribution is 2.62. The molecule has 1 aromatic carbocycles. The fraction of sp³-hybridized carbons (Fsp3) is 0.652. The number of hydrogen-bond donors (Lipinski definition) is 3. The summed E-state index contributed by atoms with van der Waals surface area (Å²) in [5.41, 5.74) is 4.45. The van der Waals surface area contributed by atoms with Gasteiger partial charge in [0.15, 0.2) is 11.6 Å². The number of nitrogens with one attached hydrogen (secondary N) is 1. The molecule has 1 unspecified atom stereocenters. The van der Waals surface area contributed by atoms with E-state index in [0.29, 0.717) is 5.92 Å². The predicted molar refractivity (Wildman–Crippen MR) is 119 cm³/mol. The molecule has 3 fully saturated rings. The molecule has 0 aliphatic heterocycles. The fourth-order valence-corrected chi connectivity index (χ4v) is 5.77. The van der Waals surface area contributed by atoms with Crippen LogP contribution in [0.3, 0.4) is 0 Å². The van der Waals surface area contributed by atoms with Crippen molar-refractivity contribution in [1.29, 1.82) is 0 Å². The second-order valence-corrected chi connectivity index (χ2v) is 9.95. The third kappa shape index (κ3) is 4.95. The van der Waals surface area contributed by atoms with Crippen LogP contribution >= 0.6 is 23.2 Å². The molecule has 31 heavy (non-hydrogen) atoms. The van der Waals surface area contributed by atoms with Gasteiger partial charge in [-0.05, 0) is 49.9 Å². The topological polar surface area (TPSA) is 92.4 Å². The lowest BCUT2D eigenvalue weighted by Gasteiger charge is -2.56. The first-order valence-corrected chi connectivity index (χ1v) is 11.9. The third-order valence-electron chi connectivity index (χ3n) is 7.25. The summed E-state index contributed by atoms with van der Waals surface area (Å²) in [4.78, 5) is 22.2. The van der Waals surface area contributed by atoms with E-state index < -0.39 is 17.6 Å². The van der Waals surface area contributed by atoms with Crippen molar-refractivity contribution < 1.29 is 19.1 Å². The standard InChI is InChI=1S/C21H26Cl2FNO2.C2H5NO/c22-14-11-15(26)18(24)16(17(14)23)19(25-20(27)12-5-1-2-6-12)21(9-4-10-21)13-7-3-8-13;1-2(3)4/h11-13,19,26H,1-10H2,(H,25,27);1H3,(H2,3,4). The minimum atomic E-state index is -0.758. The summed E-state index contributed by atoms with van der Waals surface area (Å²) in [5.74, 6) is -1.18. The lowest BCUT2D eigenvalue weighted by molar-refractivity contribution is -0.129. The van der Waals surface area contributed by atoms with Crippen LogP contribution < -0.4 is 11.1 Å². The number of primary amides is 1. The number of amides is 2. The summed E-state index contributed by atoms with van der Waals surface area (Å²) in [5, 5.41) is 13.4. The van der Waals surface area contributed by atoms with Crippen molar-refractivity contribution in [2.24, 2.45) is 23.0 Å². The van der Waals surface area contributed by atoms with E-state index in [-0.39, 0.29) is 38.8 Å². The molecule has 3 saturated carbocycles. The first-order chi connectivity index (χ1) is 14.7. The third-order valence-corrected chi connectivity index (χ3v) is 8.05. The van der Waals surface area contributed by atoms with Gasteiger partial charge in [-0.15, -0.1) is 0 Å². The maximum Gasteiger partial charge on any atom is 0.223 e. The second-order valence-electron chi connectivity index (χ2n) is 9.17. The SMILES string of the molecule is CC(N)=O.O=C(NC(c1c(F)c(O)cc(Cl)c1Cl)C1(C2CCC2)CCC1)C1CCCC1. The van der Waals surface area contributed by atoms with Gasteiger partial charge >= 0.3 is 0 Å². The van der Waals surface area contributed by atoms with Crippen LogP contribution in [0.4, 0.5) is 4.39 Å². The Kier molecular flexibility index (Phi) is 7.74. The van der Waals surface area contributed by atoms with Crippen LogP contribution in [-0.4, -0.2) is 16.9 Å². The maximum atomic E-state index is 15.1. The van der Waals surface area contributed by atoms with Crippen molar-refractivity contribution in [2.45, 2.75) is 77.2 Å². The number of carbonyl (C=O) groups is 2. The number of phenols is 1. The summed E-state index contributed by atoms with van der Waals surface area (Å²) < 4.78 is 15.1. The largest absolute Gasteiger partial charge is 0.505 e. The van der Waals surface area contributed by atoms with Crippen molar-refractivity contribution in [3.05, 3.63) is 27.5 Å². The summed E-state index contributed by atoms with van der Waals surface area (Å²) in [6, 6.07) is 0.594. The zero-order chi connectivity index (χ0) is 22.8. The molecule has 2 amide bonds. The van der Waals surface area contributed by atoms with Crippen LogP contribution in [0, 0.1) is 23.1 Å². The average Bonchev–Trinajstić information content (AvgIpc) is 3.15. The van der Waals surface area contributed by atoms with Gasteiger partial charge < -0.3 is 16.2 Å². The molecule has 3 aliphatic carbocycles. The Hall–Kier alpha value is -1.53. The summed E-state index contributed by atoms with van der Waals surface area (Å²) in [7, 11) is 0. The molecule has 0 aromatic heterocycles. The Morgan fingerprint density at radius 2 is 1.74 bits per heavy atom. The molecule has 8 heteroatoms. The molecule has 172 valence electrons. The van der Waals surface area contributed by atoms with E-state index in [1.165, 1.54) is 13.3 Å².